The maximum atomic E-state index is 13.5. The van der Waals surface area contributed by atoms with E-state index < -0.39 is 43.2 Å². The van der Waals surface area contributed by atoms with E-state index in [0.717, 1.165) is 27.9 Å². The first-order valence-corrected chi connectivity index (χ1v) is 13.0. The Morgan fingerprint density at radius 2 is 1.85 bits per heavy atom. The van der Waals surface area contributed by atoms with Crippen molar-refractivity contribution in [2.75, 3.05) is 6.61 Å². The molecule has 1 fully saturated rings. The Bertz CT molecular complexity index is 1520. The fourth-order valence-corrected chi connectivity index (χ4v) is 5.29. The van der Waals surface area contributed by atoms with Crippen LogP contribution in [-0.2, 0) is 11.3 Å². The quantitative estimate of drug-likeness (QED) is 0.235. The number of aliphatic hydroxyl groups excluding tert-OH is 4. The molecule has 39 heavy (non-hydrogen) atoms. The number of fused-ring (bicyclic) bond motifs is 1. The molecule has 3 unspecified atom stereocenters. The molecule has 5 rings (SSSR count). The Labute approximate surface area is 233 Å². The van der Waals surface area contributed by atoms with Gasteiger partial charge in [0.05, 0.1) is 27.9 Å². The molecule has 5 atom stereocenters. The number of carbonyl (C=O) groups excluding carboxylic acids is 1. The molecule has 1 saturated heterocycles. The molecule has 10 nitrogen and oxygen atoms in total. The van der Waals surface area contributed by atoms with Crippen molar-refractivity contribution in [2.45, 2.75) is 51.0 Å². The summed E-state index contributed by atoms with van der Waals surface area (Å²) in [6, 6.07) is 9.55. The molecule has 0 saturated carbocycles. The van der Waals surface area contributed by atoms with Crippen molar-refractivity contribution in [2.24, 2.45) is 0 Å². The average Bonchev–Trinajstić information content (AvgIpc) is 3.44. The Morgan fingerprint density at radius 1 is 1.08 bits per heavy atom. The summed E-state index contributed by atoms with van der Waals surface area (Å²) in [5.74, 6) is 0.0618. The molecular weight excluding hydrogens is 549 g/mol. The Balaban J connectivity index is 1.55. The predicted molar refractivity (Wildman–Crippen MR) is 144 cm³/mol. The van der Waals surface area contributed by atoms with Crippen molar-refractivity contribution in [1.29, 1.82) is 0 Å². The molecule has 3 heterocycles. The van der Waals surface area contributed by atoms with Gasteiger partial charge in [-0.05, 0) is 43.2 Å². The largest absolute Gasteiger partial charge is 0.394 e. The van der Waals surface area contributed by atoms with Gasteiger partial charge in [-0.1, -0.05) is 46.6 Å². The van der Waals surface area contributed by atoms with Crippen LogP contribution in [0.25, 0.3) is 22.0 Å². The highest BCUT2D eigenvalue weighted by Gasteiger charge is 2.44. The zero-order valence-corrected chi connectivity index (χ0v) is 22.5. The van der Waals surface area contributed by atoms with Crippen LogP contribution < -0.4 is 5.32 Å². The molecule has 0 aliphatic carbocycles. The van der Waals surface area contributed by atoms with Crippen LogP contribution in [0.4, 0.5) is 0 Å². The van der Waals surface area contributed by atoms with Gasteiger partial charge in [-0.25, -0.2) is 0 Å². The van der Waals surface area contributed by atoms with Gasteiger partial charge in [-0.15, -0.1) is 0 Å². The normalized spacial score (nSPS) is 23.3. The average molecular weight is 576 g/mol. The monoisotopic (exact) mass is 575 g/mol. The van der Waals surface area contributed by atoms with E-state index in [-0.39, 0.29) is 5.56 Å². The highest BCUT2D eigenvalue weighted by molar-refractivity contribution is 6.42. The number of carbonyl (C=O) groups is 1. The van der Waals surface area contributed by atoms with Crippen molar-refractivity contribution < 1.29 is 34.5 Å². The topological polar surface area (TPSA) is 150 Å². The number of aryl methyl sites for hydroxylation is 2. The molecule has 12 heteroatoms. The minimum atomic E-state index is -1.64. The number of nitrogens with zero attached hydrogens (tertiary/aromatic N) is 2. The van der Waals surface area contributed by atoms with E-state index in [2.05, 4.69) is 10.5 Å². The highest BCUT2D eigenvalue weighted by atomic mass is 35.5. The van der Waals surface area contributed by atoms with E-state index in [1.165, 1.54) is 0 Å². The van der Waals surface area contributed by atoms with Crippen molar-refractivity contribution in [3.05, 3.63) is 75.2 Å². The molecule has 0 bridgehead atoms. The van der Waals surface area contributed by atoms with Gasteiger partial charge in [0, 0.05) is 29.2 Å². The van der Waals surface area contributed by atoms with E-state index in [1.54, 1.807) is 24.4 Å². The van der Waals surface area contributed by atoms with Crippen LogP contribution in [-0.4, -0.2) is 73.3 Å². The van der Waals surface area contributed by atoms with Gasteiger partial charge in [0.1, 0.15) is 30.1 Å². The van der Waals surface area contributed by atoms with Gasteiger partial charge in [0.25, 0.3) is 5.91 Å². The number of halogens is 2. The van der Waals surface area contributed by atoms with Crippen LogP contribution in [0.3, 0.4) is 0 Å². The number of amides is 1. The molecule has 1 aliphatic rings. The van der Waals surface area contributed by atoms with Crippen LogP contribution in [0.1, 0.15) is 27.4 Å². The van der Waals surface area contributed by atoms with Crippen LogP contribution in [0.15, 0.2) is 47.1 Å². The predicted octanol–water partition coefficient (Wildman–Crippen LogP) is 2.80. The molecule has 0 radical (unpaired) electrons. The van der Waals surface area contributed by atoms with Crippen molar-refractivity contribution in [1.82, 2.24) is 15.0 Å². The maximum absolute atomic E-state index is 13.5. The van der Waals surface area contributed by atoms with E-state index in [1.807, 2.05) is 36.6 Å². The zero-order valence-electron chi connectivity index (χ0n) is 21.0. The SMILES string of the molecule is Cc1noc(C)c1-c1ccc2c(C(=O)N[C@H]3C(O)OC(CO)[C@@H](O)C3O)cn(Cc3ccc(Cl)c(Cl)c3)c2c1. The molecule has 5 N–H and O–H groups in total. The third kappa shape index (κ3) is 5.17. The number of hydrogen-bond donors (Lipinski definition) is 5. The van der Waals surface area contributed by atoms with E-state index in [4.69, 9.17) is 32.5 Å². The molecule has 206 valence electrons. The standard InChI is InChI=1S/C27H27Cl2N3O7/c1-12-22(13(2)39-31-12)15-4-5-16-17(26(36)30-23-25(35)24(34)21(11-33)38-27(23)37)10-32(20(16)8-15)9-14-3-6-18(28)19(29)7-14/h3-8,10,21,23-25,27,33-35,37H,9,11H2,1-2H3,(H,30,36)/t21?,23-,24-,25?,27?/m1/s1. The second kappa shape index (κ2) is 10.9. The number of aliphatic hydroxyl groups is 4. The molecule has 4 aromatic rings. The lowest BCUT2D eigenvalue weighted by Crippen LogP contribution is -2.64. The highest BCUT2D eigenvalue weighted by Crippen LogP contribution is 2.33. The number of ether oxygens (including phenoxy) is 1. The number of hydrogen-bond acceptors (Lipinski definition) is 8. The van der Waals surface area contributed by atoms with Crippen molar-refractivity contribution in [3.8, 4) is 11.1 Å². The van der Waals surface area contributed by atoms with Crippen molar-refractivity contribution >= 4 is 40.0 Å². The van der Waals surface area contributed by atoms with Gasteiger partial charge >= 0.3 is 0 Å². The lowest BCUT2D eigenvalue weighted by molar-refractivity contribution is -0.252. The van der Waals surface area contributed by atoms with Crippen LogP contribution in [0, 0.1) is 13.8 Å². The second-order valence-electron chi connectivity index (χ2n) is 9.58. The smallest absolute Gasteiger partial charge is 0.253 e. The third-order valence-electron chi connectivity index (χ3n) is 6.98. The summed E-state index contributed by atoms with van der Waals surface area (Å²) >= 11 is 12.3. The van der Waals surface area contributed by atoms with Gasteiger partial charge in [-0.2, -0.15) is 0 Å². The summed E-state index contributed by atoms with van der Waals surface area (Å²) < 4.78 is 12.4. The lowest BCUT2D eigenvalue weighted by Gasteiger charge is -2.40. The number of nitrogens with one attached hydrogen (secondary N) is 1. The van der Waals surface area contributed by atoms with Crippen LogP contribution >= 0.6 is 23.2 Å². The van der Waals surface area contributed by atoms with Gasteiger partial charge in [0.15, 0.2) is 6.29 Å². The first kappa shape index (κ1) is 27.6. The molecule has 2 aromatic heterocycles. The number of rotatable bonds is 6. The number of benzene rings is 2. The summed E-state index contributed by atoms with van der Waals surface area (Å²) in [5, 5.41) is 48.4. The lowest BCUT2D eigenvalue weighted by atomic mass is 9.96. The fraction of sp³-hybridized carbons (Fsp3) is 0.333. The zero-order chi connectivity index (χ0) is 28.0. The Hall–Kier alpha value is -2.96. The van der Waals surface area contributed by atoms with Crippen LogP contribution in [0.5, 0.6) is 0 Å². The summed E-state index contributed by atoms with van der Waals surface area (Å²) in [7, 11) is 0. The maximum Gasteiger partial charge on any atom is 0.253 e. The summed E-state index contributed by atoms with van der Waals surface area (Å²) in [4.78, 5) is 13.5. The molecular formula is C27H27Cl2N3O7. The summed E-state index contributed by atoms with van der Waals surface area (Å²) in [6.45, 7) is 3.43. The summed E-state index contributed by atoms with van der Waals surface area (Å²) in [6.07, 6.45) is -4.23. The molecule has 1 amide bonds. The molecule has 1 aliphatic heterocycles. The van der Waals surface area contributed by atoms with Crippen molar-refractivity contribution in [3.63, 3.8) is 0 Å². The molecule has 2 aromatic carbocycles. The third-order valence-corrected chi connectivity index (χ3v) is 7.72. The number of aromatic nitrogens is 2. The van der Waals surface area contributed by atoms with Crippen LogP contribution in [0.2, 0.25) is 10.0 Å². The van der Waals surface area contributed by atoms with Gasteiger partial charge < -0.3 is 39.6 Å². The van der Waals surface area contributed by atoms with E-state index in [9.17, 15) is 25.2 Å². The minimum Gasteiger partial charge on any atom is -0.394 e. The molecule has 0 spiro atoms. The Kier molecular flexibility index (Phi) is 7.71. The fourth-order valence-electron chi connectivity index (χ4n) is 4.97. The summed E-state index contributed by atoms with van der Waals surface area (Å²) in [5.41, 5.74) is 4.28. The van der Waals surface area contributed by atoms with Gasteiger partial charge in [-0.3, -0.25) is 4.79 Å². The Morgan fingerprint density at radius 3 is 2.51 bits per heavy atom. The van der Waals surface area contributed by atoms with Gasteiger partial charge in [0.2, 0.25) is 0 Å². The first-order valence-electron chi connectivity index (χ1n) is 12.2. The first-order chi connectivity index (χ1) is 18.6. The second-order valence-corrected chi connectivity index (χ2v) is 10.4. The van der Waals surface area contributed by atoms with E-state index in [0.29, 0.717) is 27.7 Å². The van der Waals surface area contributed by atoms with E-state index >= 15 is 0 Å². The minimum absolute atomic E-state index is 0.272.